The van der Waals surface area contributed by atoms with Gasteiger partial charge in [-0.05, 0) is 19.4 Å². The van der Waals surface area contributed by atoms with Crippen LogP contribution in [0.15, 0.2) is 24.9 Å². The number of nitrogens with one attached hydrogen (secondary N) is 1. The van der Waals surface area contributed by atoms with Crippen molar-refractivity contribution in [3.63, 3.8) is 0 Å². The van der Waals surface area contributed by atoms with Gasteiger partial charge < -0.3 is 5.32 Å². The fourth-order valence-corrected chi connectivity index (χ4v) is 1.21. The Morgan fingerprint density at radius 2 is 2.50 bits per heavy atom. The molecule has 1 rings (SSSR count). The maximum atomic E-state index is 4.47. The van der Waals surface area contributed by atoms with Crippen LogP contribution in [0.4, 0.5) is 0 Å². The van der Waals surface area contributed by atoms with Crippen LogP contribution in [-0.2, 0) is 6.54 Å². The summed E-state index contributed by atoms with van der Waals surface area (Å²) < 4.78 is 2.02. The molecule has 1 N–H and O–H groups in total. The van der Waals surface area contributed by atoms with Gasteiger partial charge in [-0.25, -0.2) is 0 Å². The Kier molecular flexibility index (Phi) is 4.40. The summed E-state index contributed by atoms with van der Waals surface area (Å²) in [5.74, 6) is 0. The number of nitrogens with zero attached hydrogens (tertiary/aromatic N) is 2. The summed E-state index contributed by atoms with van der Waals surface area (Å²) >= 11 is 0. The fourth-order valence-electron chi connectivity index (χ4n) is 1.21. The predicted molar refractivity (Wildman–Crippen MR) is 59.1 cm³/mol. The summed E-state index contributed by atoms with van der Waals surface area (Å²) in [7, 11) is 0. The van der Waals surface area contributed by atoms with Crippen LogP contribution in [0.25, 0.3) is 0 Å². The fraction of sp³-hybridized carbons (Fsp3) is 0.545. The molecule has 0 aliphatic rings. The molecule has 0 aliphatic carbocycles. The van der Waals surface area contributed by atoms with Crippen LogP contribution in [0.2, 0.25) is 0 Å². The molecule has 1 atom stereocenters. The van der Waals surface area contributed by atoms with E-state index in [4.69, 9.17) is 0 Å². The molecule has 0 spiro atoms. The molecular formula is C11H19N3. The lowest BCUT2D eigenvalue weighted by Gasteiger charge is -2.08. The molecule has 0 saturated heterocycles. The molecule has 14 heavy (non-hydrogen) atoms. The van der Waals surface area contributed by atoms with E-state index in [2.05, 4.69) is 36.9 Å². The average Bonchev–Trinajstić information content (AvgIpc) is 2.66. The van der Waals surface area contributed by atoms with E-state index in [1.165, 1.54) is 0 Å². The van der Waals surface area contributed by atoms with Crippen molar-refractivity contribution >= 4 is 0 Å². The summed E-state index contributed by atoms with van der Waals surface area (Å²) in [6.07, 6.45) is 5.01. The molecule has 1 heterocycles. The predicted octanol–water partition coefficient (Wildman–Crippen LogP) is 2.13. The van der Waals surface area contributed by atoms with Gasteiger partial charge in [0.2, 0.25) is 0 Å². The second-order valence-corrected chi connectivity index (χ2v) is 3.46. The van der Waals surface area contributed by atoms with Gasteiger partial charge in [0.1, 0.15) is 0 Å². The van der Waals surface area contributed by atoms with Gasteiger partial charge in [-0.2, -0.15) is 5.10 Å². The Hall–Kier alpha value is -1.09. The van der Waals surface area contributed by atoms with Crippen molar-refractivity contribution in [1.29, 1.82) is 0 Å². The zero-order chi connectivity index (χ0) is 10.4. The summed E-state index contributed by atoms with van der Waals surface area (Å²) in [6.45, 7) is 9.64. The second-order valence-electron chi connectivity index (χ2n) is 3.46. The zero-order valence-electron chi connectivity index (χ0n) is 9.03. The molecule has 0 radical (unpaired) electrons. The lowest BCUT2D eigenvalue weighted by Crippen LogP contribution is -2.13. The van der Waals surface area contributed by atoms with Gasteiger partial charge in [0.15, 0.2) is 0 Å². The summed E-state index contributed by atoms with van der Waals surface area (Å²) in [5.41, 5.74) is 1.09. The van der Waals surface area contributed by atoms with Crippen molar-refractivity contribution in [1.82, 2.24) is 15.1 Å². The minimum atomic E-state index is 0.489. The van der Waals surface area contributed by atoms with Gasteiger partial charge in [-0.15, -0.1) is 6.58 Å². The maximum Gasteiger partial charge on any atom is 0.0762 e. The van der Waals surface area contributed by atoms with Crippen LogP contribution in [0.1, 0.15) is 32.0 Å². The highest BCUT2D eigenvalue weighted by Crippen LogP contribution is 2.08. The molecule has 0 aromatic carbocycles. The molecule has 78 valence electrons. The third kappa shape index (κ3) is 3.00. The highest BCUT2D eigenvalue weighted by Gasteiger charge is 2.03. The Balaban J connectivity index is 2.46. The van der Waals surface area contributed by atoms with Gasteiger partial charge in [0.25, 0.3) is 0 Å². The van der Waals surface area contributed by atoms with Crippen molar-refractivity contribution in [3.8, 4) is 0 Å². The number of hydrogen-bond donors (Lipinski definition) is 1. The molecule has 0 bridgehead atoms. The second kappa shape index (κ2) is 5.60. The summed E-state index contributed by atoms with van der Waals surface area (Å²) in [4.78, 5) is 0. The van der Waals surface area contributed by atoms with Gasteiger partial charge in [0, 0.05) is 25.3 Å². The van der Waals surface area contributed by atoms with Crippen LogP contribution in [0.3, 0.4) is 0 Å². The number of aromatic nitrogens is 2. The number of rotatable bonds is 6. The molecule has 0 saturated carbocycles. The quantitative estimate of drug-likeness (QED) is 0.554. The molecule has 3 heteroatoms. The molecule has 1 aromatic heterocycles. The molecule has 3 nitrogen and oxygen atoms in total. The smallest absolute Gasteiger partial charge is 0.0762 e. The monoisotopic (exact) mass is 193 g/mol. The van der Waals surface area contributed by atoms with E-state index < -0.39 is 0 Å². The summed E-state index contributed by atoms with van der Waals surface area (Å²) in [5, 5.41) is 7.70. The van der Waals surface area contributed by atoms with Crippen molar-refractivity contribution in [2.45, 2.75) is 32.9 Å². The molecule has 1 aromatic rings. The van der Waals surface area contributed by atoms with Crippen LogP contribution in [0.5, 0.6) is 0 Å². The topological polar surface area (TPSA) is 29.9 Å². The minimum Gasteiger partial charge on any atom is -0.308 e. The van der Waals surface area contributed by atoms with Crippen LogP contribution in [0, 0.1) is 0 Å². The molecule has 0 amide bonds. The Labute approximate surface area is 85.8 Å². The van der Waals surface area contributed by atoms with E-state index in [1.807, 2.05) is 17.0 Å². The van der Waals surface area contributed by atoms with Crippen molar-refractivity contribution in [2.75, 3.05) is 6.54 Å². The first-order valence-corrected chi connectivity index (χ1v) is 5.13. The standard InChI is InChI=1S/C11H19N3/c1-4-7-12-9-11-6-8-14(13-11)10(3)5-2/h4,6,8,10,12H,1,5,7,9H2,2-3H3. The minimum absolute atomic E-state index is 0.489. The van der Waals surface area contributed by atoms with Crippen molar-refractivity contribution in [3.05, 3.63) is 30.6 Å². The SMILES string of the molecule is C=CCNCc1ccn(C(C)CC)n1. The molecule has 1 unspecified atom stereocenters. The van der Waals surface area contributed by atoms with Gasteiger partial charge >= 0.3 is 0 Å². The highest BCUT2D eigenvalue weighted by molar-refractivity contribution is 4.99. The highest BCUT2D eigenvalue weighted by atomic mass is 15.3. The van der Waals surface area contributed by atoms with Crippen LogP contribution < -0.4 is 5.32 Å². The van der Waals surface area contributed by atoms with Gasteiger partial charge in [0.05, 0.1) is 5.69 Å². The zero-order valence-corrected chi connectivity index (χ0v) is 9.03. The first kappa shape index (κ1) is 11.0. The van der Waals surface area contributed by atoms with Gasteiger partial charge in [-0.1, -0.05) is 13.0 Å². The third-order valence-corrected chi connectivity index (χ3v) is 2.30. The van der Waals surface area contributed by atoms with Crippen LogP contribution in [-0.4, -0.2) is 16.3 Å². The van der Waals surface area contributed by atoms with Crippen molar-refractivity contribution in [2.24, 2.45) is 0 Å². The van der Waals surface area contributed by atoms with Crippen molar-refractivity contribution < 1.29 is 0 Å². The summed E-state index contributed by atoms with van der Waals surface area (Å²) in [6, 6.07) is 2.55. The molecular weight excluding hydrogens is 174 g/mol. The average molecular weight is 193 g/mol. The lowest BCUT2D eigenvalue weighted by molar-refractivity contribution is 0.472. The van der Waals surface area contributed by atoms with E-state index in [-0.39, 0.29) is 0 Å². The maximum absolute atomic E-state index is 4.47. The lowest BCUT2D eigenvalue weighted by atomic mass is 10.3. The first-order chi connectivity index (χ1) is 6.77. The van der Waals surface area contributed by atoms with E-state index in [1.54, 1.807) is 0 Å². The number of hydrogen-bond acceptors (Lipinski definition) is 2. The largest absolute Gasteiger partial charge is 0.308 e. The Bertz CT molecular complexity index is 278. The van der Waals surface area contributed by atoms with E-state index in [0.717, 1.165) is 25.2 Å². The first-order valence-electron chi connectivity index (χ1n) is 5.13. The van der Waals surface area contributed by atoms with E-state index in [0.29, 0.717) is 6.04 Å². The molecule has 0 fully saturated rings. The molecule has 0 aliphatic heterocycles. The Morgan fingerprint density at radius 1 is 1.71 bits per heavy atom. The van der Waals surface area contributed by atoms with E-state index in [9.17, 15) is 0 Å². The Morgan fingerprint density at radius 3 is 3.14 bits per heavy atom. The third-order valence-electron chi connectivity index (χ3n) is 2.30. The van der Waals surface area contributed by atoms with Crippen LogP contribution >= 0.6 is 0 Å². The van der Waals surface area contributed by atoms with E-state index >= 15 is 0 Å². The normalized spacial score (nSPS) is 12.7. The van der Waals surface area contributed by atoms with Gasteiger partial charge in [-0.3, -0.25) is 4.68 Å².